The van der Waals surface area contributed by atoms with E-state index in [1.54, 1.807) is 11.3 Å². The molecule has 0 atom stereocenters. The maximum absolute atomic E-state index is 4.54. The van der Waals surface area contributed by atoms with Crippen molar-refractivity contribution in [3.63, 3.8) is 0 Å². The molecular formula is C12H15N3S. The Morgan fingerprint density at radius 3 is 3.12 bits per heavy atom. The van der Waals surface area contributed by atoms with E-state index >= 15 is 0 Å². The number of nitrogens with zero attached hydrogens (tertiary/aromatic N) is 2. The van der Waals surface area contributed by atoms with Gasteiger partial charge in [-0.15, -0.1) is 0 Å². The van der Waals surface area contributed by atoms with Crippen molar-refractivity contribution in [2.45, 2.75) is 32.0 Å². The molecule has 2 aromatic rings. The van der Waals surface area contributed by atoms with Crippen molar-refractivity contribution >= 4 is 11.3 Å². The summed E-state index contributed by atoms with van der Waals surface area (Å²) in [5, 5.41) is 12.3. The van der Waals surface area contributed by atoms with Crippen LogP contribution in [0.15, 0.2) is 29.1 Å². The molecule has 0 bridgehead atoms. The third-order valence-corrected chi connectivity index (χ3v) is 3.50. The molecule has 4 heteroatoms. The molecule has 3 nitrogen and oxygen atoms in total. The Labute approximate surface area is 99.1 Å². The molecule has 1 aliphatic carbocycles. The lowest BCUT2D eigenvalue weighted by molar-refractivity contribution is 0.631. The van der Waals surface area contributed by atoms with E-state index in [1.807, 2.05) is 4.68 Å². The van der Waals surface area contributed by atoms with E-state index in [2.05, 4.69) is 39.5 Å². The van der Waals surface area contributed by atoms with Gasteiger partial charge in [-0.05, 0) is 41.3 Å². The van der Waals surface area contributed by atoms with Gasteiger partial charge in [0.05, 0.1) is 12.2 Å². The van der Waals surface area contributed by atoms with Crippen molar-refractivity contribution in [1.29, 1.82) is 0 Å². The molecule has 0 aliphatic heterocycles. The van der Waals surface area contributed by atoms with Crippen molar-refractivity contribution < 1.29 is 0 Å². The summed E-state index contributed by atoms with van der Waals surface area (Å²) >= 11 is 1.73. The molecule has 2 heterocycles. The van der Waals surface area contributed by atoms with Crippen molar-refractivity contribution in [1.82, 2.24) is 15.1 Å². The zero-order valence-electron chi connectivity index (χ0n) is 9.10. The molecule has 84 valence electrons. The van der Waals surface area contributed by atoms with Crippen LogP contribution in [0.5, 0.6) is 0 Å². The molecule has 1 N–H and O–H groups in total. The summed E-state index contributed by atoms with van der Waals surface area (Å²) in [6.45, 7) is 1.79. The fraction of sp³-hybridized carbons (Fsp3) is 0.417. The van der Waals surface area contributed by atoms with Crippen LogP contribution in [-0.4, -0.2) is 15.8 Å². The lowest BCUT2D eigenvalue weighted by atomic mass is 10.3. The number of hydrogen-bond acceptors (Lipinski definition) is 3. The monoisotopic (exact) mass is 233 g/mol. The molecule has 0 radical (unpaired) electrons. The molecule has 1 fully saturated rings. The molecule has 0 amide bonds. The van der Waals surface area contributed by atoms with Crippen LogP contribution in [0.4, 0.5) is 0 Å². The Balaban J connectivity index is 1.58. The van der Waals surface area contributed by atoms with E-state index in [9.17, 15) is 0 Å². The lowest BCUT2D eigenvalue weighted by Gasteiger charge is -1.99. The second-order valence-electron chi connectivity index (χ2n) is 4.29. The van der Waals surface area contributed by atoms with E-state index in [1.165, 1.54) is 18.4 Å². The van der Waals surface area contributed by atoms with Crippen LogP contribution in [0.25, 0.3) is 0 Å². The predicted molar refractivity (Wildman–Crippen MR) is 65.5 cm³/mol. The van der Waals surface area contributed by atoms with Gasteiger partial charge in [-0.25, -0.2) is 0 Å². The lowest BCUT2D eigenvalue weighted by Crippen LogP contribution is -2.15. The van der Waals surface area contributed by atoms with Gasteiger partial charge in [-0.3, -0.25) is 4.68 Å². The largest absolute Gasteiger partial charge is 0.308 e. The zero-order valence-corrected chi connectivity index (χ0v) is 9.91. The van der Waals surface area contributed by atoms with E-state index in [-0.39, 0.29) is 0 Å². The molecular weight excluding hydrogens is 218 g/mol. The molecule has 0 saturated heterocycles. The molecule has 2 aromatic heterocycles. The number of nitrogens with one attached hydrogen (secondary N) is 1. The summed E-state index contributed by atoms with van der Waals surface area (Å²) in [7, 11) is 0. The molecule has 1 aliphatic rings. The van der Waals surface area contributed by atoms with Gasteiger partial charge in [0.1, 0.15) is 0 Å². The normalized spacial score (nSPS) is 15.5. The first-order valence-corrected chi connectivity index (χ1v) is 6.61. The van der Waals surface area contributed by atoms with Crippen LogP contribution in [0.1, 0.15) is 24.1 Å². The number of rotatable bonds is 5. The van der Waals surface area contributed by atoms with Gasteiger partial charge in [0, 0.05) is 18.8 Å². The Morgan fingerprint density at radius 2 is 2.38 bits per heavy atom. The third kappa shape index (κ3) is 2.51. The minimum atomic E-state index is 0.752. The fourth-order valence-corrected chi connectivity index (χ4v) is 2.35. The highest BCUT2D eigenvalue weighted by Crippen LogP contribution is 2.19. The van der Waals surface area contributed by atoms with Gasteiger partial charge in [-0.2, -0.15) is 16.4 Å². The molecule has 16 heavy (non-hydrogen) atoms. The number of hydrogen-bond donors (Lipinski definition) is 1. The van der Waals surface area contributed by atoms with Crippen LogP contribution in [0, 0.1) is 0 Å². The highest BCUT2D eigenvalue weighted by Gasteiger charge is 2.20. The van der Waals surface area contributed by atoms with E-state index < -0.39 is 0 Å². The summed E-state index contributed by atoms with van der Waals surface area (Å²) in [5.41, 5.74) is 2.47. The maximum Gasteiger partial charge on any atom is 0.0762 e. The van der Waals surface area contributed by atoms with Crippen molar-refractivity contribution in [2.24, 2.45) is 0 Å². The molecule has 0 aromatic carbocycles. The summed E-state index contributed by atoms with van der Waals surface area (Å²) < 4.78 is 2.01. The highest BCUT2D eigenvalue weighted by atomic mass is 32.1. The Morgan fingerprint density at radius 1 is 1.44 bits per heavy atom. The van der Waals surface area contributed by atoms with Crippen molar-refractivity contribution in [3.8, 4) is 0 Å². The van der Waals surface area contributed by atoms with E-state index in [4.69, 9.17) is 0 Å². The topological polar surface area (TPSA) is 29.9 Å². The van der Waals surface area contributed by atoms with E-state index in [0.717, 1.165) is 24.8 Å². The predicted octanol–water partition coefficient (Wildman–Crippen LogP) is 2.24. The molecule has 0 spiro atoms. The average molecular weight is 233 g/mol. The second kappa shape index (κ2) is 4.39. The van der Waals surface area contributed by atoms with Gasteiger partial charge < -0.3 is 5.32 Å². The summed E-state index contributed by atoms with van der Waals surface area (Å²) in [6.07, 6.45) is 4.72. The number of aromatic nitrogens is 2. The first-order chi connectivity index (χ1) is 7.90. The van der Waals surface area contributed by atoms with Crippen LogP contribution in [0.2, 0.25) is 0 Å². The minimum Gasteiger partial charge on any atom is -0.308 e. The van der Waals surface area contributed by atoms with Crippen LogP contribution in [0.3, 0.4) is 0 Å². The maximum atomic E-state index is 4.54. The van der Waals surface area contributed by atoms with Gasteiger partial charge in [0.15, 0.2) is 0 Å². The average Bonchev–Trinajstić information content (AvgIpc) is 2.78. The van der Waals surface area contributed by atoms with Gasteiger partial charge in [-0.1, -0.05) is 0 Å². The Hall–Kier alpha value is -1.13. The minimum absolute atomic E-state index is 0.752. The van der Waals surface area contributed by atoms with Crippen molar-refractivity contribution in [2.75, 3.05) is 0 Å². The SMILES string of the molecule is c1cc(Cn2ccc(CNC3CC3)n2)cs1. The summed E-state index contributed by atoms with van der Waals surface area (Å²) in [4.78, 5) is 0. The second-order valence-corrected chi connectivity index (χ2v) is 5.07. The van der Waals surface area contributed by atoms with Gasteiger partial charge in [0.25, 0.3) is 0 Å². The summed E-state index contributed by atoms with van der Waals surface area (Å²) in [6, 6.07) is 5.00. The van der Waals surface area contributed by atoms with Crippen LogP contribution < -0.4 is 5.32 Å². The third-order valence-electron chi connectivity index (χ3n) is 2.77. The first kappa shape index (κ1) is 10.1. The summed E-state index contributed by atoms with van der Waals surface area (Å²) in [5.74, 6) is 0. The van der Waals surface area contributed by atoms with Crippen molar-refractivity contribution in [3.05, 3.63) is 40.3 Å². The molecule has 0 unspecified atom stereocenters. The van der Waals surface area contributed by atoms with Gasteiger partial charge in [0.2, 0.25) is 0 Å². The van der Waals surface area contributed by atoms with Gasteiger partial charge >= 0.3 is 0 Å². The Kier molecular flexibility index (Phi) is 2.76. The smallest absolute Gasteiger partial charge is 0.0762 e. The van der Waals surface area contributed by atoms with Crippen LogP contribution >= 0.6 is 11.3 Å². The zero-order chi connectivity index (χ0) is 10.8. The number of thiophene rings is 1. The Bertz CT molecular complexity index is 443. The molecule has 1 saturated carbocycles. The first-order valence-electron chi connectivity index (χ1n) is 5.67. The quantitative estimate of drug-likeness (QED) is 0.858. The van der Waals surface area contributed by atoms with Crippen LogP contribution in [-0.2, 0) is 13.1 Å². The highest BCUT2D eigenvalue weighted by molar-refractivity contribution is 7.07. The standard InChI is InChI=1S/C12H15N3S/c1-2-11(1)13-7-12-3-5-15(14-12)8-10-4-6-16-9-10/h3-6,9,11,13H,1-2,7-8H2. The fourth-order valence-electron chi connectivity index (χ4n) is 1.69. The van der Waals surface area contributed by atoms with E-state index in [0.29, 0.717) is 0 Å². The molecule has 3 rings (SSSR count).